The first-order valence-electron chi connectivity index (χ1n) is 7.38. The Morgan fingerprint density at radius 3 is 2.63 bits per heavy atom. The highest BCUT2D eigenvalue weighted by Crippen LogP contribution is 2.30. The van der Waals surface area contributed by atoms with E-state index in [2.05, 4.69) is 17.3 Å². The second-order valence-electron chi connectivity index (χ2n) is 6.46. The molecule has 5 heteroatoms. The molecule has 1 aliphatic carbocycles. The molecular formula is C14H27N3O2. The predicted octanol–water partition coefficient (Wildman–Crippen LogP) is -0.0657. The molecule has 0 aromatic carbocycles. The second-order valence-corrected chi connectivity index (χ2v) is 6.46. The van der Waals surface area contributed by atoms with Gasteiger partial charge >= 0.3 is 0 Å². The minimum absolute atomic E-state index is 0.0236. The van der Waals surface area contributed by atoms with Crippen molar-refractivity contribution < 1.29 is 9.90 Å². The standard InChI is InChI=1S/C14H27N3O2/c1-17-7-4-11(9-17)8-16-13(19)12-2-5-14(15,10-18)6-3-12/h11-12,18H,2-10,15H2,1H3,(H,16,19). The maximum atomic E-state index is 12.1. The van der Waals surface area contributed by atoms with Crippen LogP contribution in [0.1, 0.15) is 32.1 Å². The number of hydrogen-bond acceptors (Lipinski definition) is 4. The summed E-state index contributed by atoms with van der Waals surface area (Å²) in [6, 6.07) is 0. The molecule has 0 radical (unpaired) electrons. The minimum atomic E-state index is -0.453. The number of nitrogens with one attached hydrogen (secondary N) is 1. The Hall–Kier alpha value is -0.650. The van der Waals surface area contributed by atoms with Gasteiger partial charge in [0, 0.05) is 24.5 Å². The van der Waals surface area contributed by atoms with Crippen molar-refractivity contribution in [3.05, 3.63) is 0 Å². The third kappa shape index (κ3) is 3.91. The van der Waals surface area contributed by atoms with Gasteiger partial charge in [-0.25, -0.2) is 0 Å². The maximum absolute atomic E-state index is 12.1. The lowest BCUT2D eigenvalue weighted by atomic mass is 9.77. The number of carbonyl (C=O) groups excluding carboxylic acids is 1. The Morgan fingerprint density at radius 2 is 2.11 bits per heavy atom. The number of nitrogens with two attached hydrogens (primary N) is 1. The first-order valence-corrected chi connectivity index (χ1v) is 7.38. The van der Waals surface area contributed by atoms with E-state index in [1.54, 1.807) is 0 Å². The summed E-state index contributed by atoms with van der Waals surface area (Å²) in [4.78, 5) is 14.4. The summed E-state index contributed by atoms with van der Waals surface area (Å²) in [5, 5.41) is 12.3. The van der Waals surface area contributed by atoms with Crippen molar-refractivity contribution in [2.24, 2.45) is 17.6 Å². The van der Waals surface area contributed by atoms with E-state index in [1.807, 2.05) is 0 Å². The molecule has 0 aromatic heterocycles. The van der Waals surface area contributed by atoms with Gasteiger partial charge in [-0.3, -0.25) is 4.79 Å². The molecule has 1 aliphatic heterocycles. The molecule has 0 spiro atoms. The van der Waals surface area contributed by atoms with Gasteiger partial charge in [-0.1, -0.05) is 0 Å². The van der Waals surface area contributed by atoms with E-state index in [4.69, 9.17) is 5.73 Å². The van der Waals surface area contributed by atoms with Crippen molar-refractivity contribution in [3.8, 4) is 0 Å². The molecule has 1 unspecified atom stereocenters. The zero-order valence-corrected chi connectivity index (χ0v) is 11.9. The van der Waals surface area contributed by atoms with Gasteiger partial charge in [-0.05, 0) is 51.6 Å². The highest BCUT2D eigenvalue weighted by atomic mass is 16.3. The first-order chi connectivity index (χ1) is 9.02. The zero-order chi connectivity index (χ0) is 13.9. The van der Waals surface area contributed by atoms with Crippen LogP contribution < -0.4 is 11.1 Å². The topological polar surface area (TPSA) is 78.6 Å². The summed E-state index contributed by atoms with van der Waals surface area (Å²) in [5.41, 5.74) is 5.57. The molecule has 2 aliphatic rings. The van der Waals surface area contributed by atoms with Crippen molar-refractivity contribution in [1.82, 2.24) is 10.2 Å². The molecule has 1 saturated heterocycles. The van der Waals surface area contributed by atoms with Gasteiger partial charge in [0.1, 0.15) is 0 Å². The minimum Gasteiger partial charge on any atom is -0.394 e. The Kier molecular flexibility index (Phi) is 4.81. The van der Waals surface area contributed by atoms with E-state index < -0.39 is 5.54 Å². The van der Waals surface area contributed by atoms with Gasteiger partial charge in [0.25, 0.3) is 0 Å². The highest BCUT2D eigenvalue weighted by Gasteiger charge is 2.34. The quantitative estimate of drug-likeness (QED) is 0.668. The largest absolute Gasteiger partial charge is 0.394 e. The Balaban J connectivity index is 1.70. The van der Waals surface area contributed by atoms with Gasteiger partial charge in [0.15, 0.2) is 0 Å². The molecule has 5 nitrogen and oxygen atoms in total. The summed E-state index contributed by atoms with van der Waals surface area (Å²) >= 11 is 0. The number of hydrogen-bond donors (Lipinski definition) is 3. The SMILES string of the molecule is CN1CCC(CNC(=O)C2CCC(N)(CO)CC2)C1. The van der Waals surface area contributed by atoms with Gasteiger partial charge < -0.3 is 21.1 Å². The van der Waals surface area contributed by atoms with Gasteiger partial charge in [0.05, 0.1) is 6.61 Å². The van der Waals surface area contributed by atoms with Crippen molar-refractivity contribution in [3.63, 3.8) is 0 Å². The number of nitrogens with zero attached hydrogens (tertiary/aromatic N) is 1. The van der Waals surface area contributed by atoms with Crippen LogP contribution >= 0.6 is 0 Å². The molecule has 4 N–H and O–H groups in total. The molecule has 2 fully saturated rings. The third-order valence-corrected chi connectivity index (χ3v) is 4.72. The monoisotopic (exact) mass is 269 g/mol. The predicted molar refractivity (Wildman–Crippen MR) is 74.6 cm³/mol. The summed E-state index contributed by atoms with van der Waals surface area (Å²) in [6.07, 6.45) is 4.26. The van der Waals surface area contributed by atoms with E-state index in [0.717, 1.165) is 45.3 Å². The van der Waals surface area contributed by atoms with Gasteiger partial charge in [0.2, 0.25) is 5.91 Å². The van der Waals surface area contributed by atoms with Crippen molar-refractivity contribution in [2.45, 2.75) is 37.6 Å². The molecule has 0 aromatic rings. The fourth-order valence-electron chi connectivity index (χ4n) is 3.20. The van der Waals surface area contributed by atoms with Crippen LogP contribution in [0.15, 0.2) is 0 Å². The summed E-state index contributed by atoms with van der Waals surface area (Å²) in [6.45, 7) is 3.04. The number of aliphatic hydroxyl groups excluding tert-OH is 1. The molecule has 1 heterocycles. The van der Waals surface area contributed by atoms with Crippen LogP contribution in [0.4, 0.5) is 0 Å². The van der Waals surface area contributed by atoms with Crippen LogP contribution in [0.25, 0.3) is 0 Å². The number of aliphatic hydroxyl groups is 1. The number of likely N-dealkylation sites (tertiary alicyclic amines) is 1. The normalized spacial score (nSPS) is 36.4. The smallest absolute Gasteiger partial charge is 0.223 e. The lowest BCUT2D eigenvalue weighted by molar-refractivity contribution is -0.126. The lowest BCUT2D eigenvalue weighted by Crippen LogP contribution is -2.48. The molecule has 1 saturated carbocycles. The average Bonchev–Trinajstić information content (AvgIpc) is 2.83. The molecule has 19 heavy (non-hydrogen) atoms. The van der Waals surface area contributed by atoms with Crippen LogP contribution in [0.5, 0.6) is 0 Å². The molecule has 2 rings (SSSR count). The van der Waals surface area contributed by atoms with E-state index in [9.17, 15) is 9.90 Å². The summed E-state index contributed by atoms with van der Waals surface area (Å²) in [7, 11) is 2.12. The first kappa shape index (κ1) is 14.8. The van der Waals surface area contributed by atoms with Gasteiger partial charge in [-0.15, -0.1) is 0 Å². The van der Waals surface area contributed by atoms with Crippen LogP contribution in [-0.4, -0.2) is 54.7 Å². The van der Waals surface area contributed by atoms with E-state index in [1.165, 1.54) is 6.42 Å². The highest BCUT2D eigenvalue weighted by molar-refractivity contribution is 5.78. The van der Waals surface area contributed by atoms with E-state index in [0.29, 0.717) is 5.92 Å². The van der Waals surface area contributed by atoms with E-state index >= 15 is 0 Å². The van der Waals surface area contributed by atoms with Crippen molar-refractivity contribution in [1.29, 1.82) is 0 Å². The molecule has 1 amide bonds. The lowest BCUT2D eigenvalue weighted by Gasteiger charge is -2.35. The number of rotatable bonds is 4. The number of carbonyl (C=O) groups is 1. The Bertz CT molecular complexity index is 314. The Morgan fingerprint density at radius 1 is 1.42 bits per heavy atom. The third-order valence-electron chi connectivity index (χ3n) is 4.72. The van der Waals surface area contributed by atoms with E-state index in [-0.39, 0.29) is 18.4 Å². The van der Waals surface area contributed by atoms with Crippen LogP contribution in [0.3, 0.4) is 0 Å². The molecule has 1 atom stereocenters. The van der Waals surface area contributed by atoms with Crippen LogP contribution in [-0.2, 0) is 4.79 Å². The molecular weight excluding hydrogens is 242 g/mol. The Labute approximate surface area is 115 Å². The number of amides is 1. The van der Waals surface area contributed by atoms with Crippen LogP contribution in [0, 0.1) is 11.8 Å². The van der Waals surface area contributed by atoms with Crippen LogP contribution in [0.2, 0.25) is 0 Å². The second kappa shape index (κ2) is 6.20. The maximum Gasteiger partial charge on any atom is 0.223 e. The summed E-state index contributed by atoms with van der Waals surface area (Å²) in [5.74, 6) is 0.862. The average molecular weight is 269 g/mol. The summed E-state index contributed by atoms with van der Waals surface area (Å²) < 4.78 is 0. The fraction of sp³-hybridized carbons (Fsp3) is 0.929. The zero-order valence-electron chi connectivity index (χ0n) is 11.9. The van der Waals surface area contributed by atoms with Crippen molar-refractivity contribution in [2.75, 3.05) is 33.3 Å². The molecule has 110 valence electrons. The molecule has 0 bridgehead atoms. The van der Waals surface area contributed by atoms with Crippen molar-refractivity contribution >= 4 is 5.91 Å². The fourth-order valence-corrected chi connectivity index (χ4v) is 3.20. The van der Waals surface area contributed by atoms with Gasteiger partial charge in [-0.2, -0.15) is 0 Å².